The maximum atomic E-state index is 15.2. The highest BCUT2D eigenvalue weighted by Crippen LogP contribution is 2.40. The van der Waals surface area contributed by atoms with Gasteiger partial charge in [-0.25, -0.2) is 0 Å². The van der Waals surface area contributed by atoms with E-state index in [1.807, 2.05) is 86.6 Å². The third-order valence-corrected chi connectivity index (χ3v) is 15.0. The number of anilines is 4. The molecule has 0 fully saturated rings. The fraction of sp³-hybridized carbons (Fsp3) is 0.246. The van der Waals surface area contributed by atoms with Gasteiger partial charge in [-0.3, -0.25) is 24.0 Å². The molecule has 0 saturated heterocycles. The van der Waals surface area contributed by atoms with Crippen LogP contribution >= 0.6 is 0 Å². The van der Waals surface area contributed by atoms with Crippen LogP contribution in [0, 0.1) is 36.5 Å². The number of carbonyl (C=O) groups is 6. The van der Waals surface area contributed by atoms with Gasteiger partial charge in [0.15, 0.2) is 0 Å². The van der Waals surface area contributed by atoms with E-state index in [0.717, 1.165) is 50.1 Å². The summed E-state index contributed by atoms with van der Waals surface area (Å²) < 4.78 is 0. The predicted molar refractivity (Wildman–Crippen MR) is 298 cm³/mol. The van der Waals surface area contributed by atoms with E-state index in [2.05, 4.69) is 33.4 Å². The number of nitriles is 2. The van der Waals surface area contributed by atoms with E-state index in [9.17, 15) is 20.1 Å². The highest BCUT2D eigenvalue weighted by Gasteiger charge is 2.40. The summed E-state index contributed by atoms with van der Waals surface area (Å²) in [6.45, 7) is 7.04. The van der Waals surface area contributed by atoms with E-state index in [1.165, 1.54) is 34.1 Å². The molecule has 77 heavy (non-hydrogen) atoms. The number of fused-ring (bicyclic) bond motifs is 4. The van der Waals surface area contributed by atoms with Gasteiger partial charge in [-0.1, -0.05) is 72.8 Å². The van der Waals surface area contributed by atoms with Gasteiger partial charge in [0.2, 0.25) is 11.8 Å². The minimum Gasteiger partial charge on any atom is -0.341 e. The highest BCUT2D eigenvalue weighted by atomic mass is 16.2. The smallest absolute Gasteiger partial charge is 0.258 e. The van der Waals surface area contributed by atoms with Gasteiger partial charge in [0.05, 0.1) is 83.8 Å². The molecule has 16 nitrogen and oxygen atoms in total. The van der Waals surface area contributed by atoms with Crippen LogP contribution in [0.4, 0.5) is 22.7 Å². The molecule has 2 heterocycles. The average Bonchev–Trinajstić information content (AvgIpc) is 3.64. The lowest BCUT2D eigenvalue weighted by atomic mass is 9.98. The summed E-state index contributed by atoms with van der Waals surface area (Å²) >= 11 is 0. The number of nitrogens with one attached hydrogen (secondary N) is 4. The van der Waals surface area contributed by atoms with Crippen molar-refractivity contribution < 1.29 is 28.8 Å². The monoisotopic (exact) mass is 1030 g/mol. The van der Waals surface area contributed by atoms with Gasteiger partial charge in [0.1, 0.15) is 18.4 Å². The standard InChI is InChI=1S/C61H58N10O6/c1-37-15-19-42-11-7-9-13-46(42)48(37)31-68-52-25-17-40(29-62)27-54(52)70(33-50(59(68)76)66-35-61(4,36-72)65-6)57(74)44-21-23-45(24-22-44)58(75)71-34-51(67-56(73)39(3)64-5)60(77)69(53-26-18-41(30-63)28-55(53)71)32-49-38(2)16-20-43-12-8-10-14-47(43)49/h7-28,36,39,50-51,64-66H,31-35H2,1-6H3,(H,67,73). The fourth-order valence-electron chi connectivity index (χ4n) is 10.0. The predicted octanol–water partition coefficient (Wildman–Crippen LogP) is 6.97. The number of aldehydes is 1. The van der Waals surface area contributed by atoms with Gasteiger partial charge in [0.25, 0.3) is 17.7 Å². The normalized spacial score (nSPS) is 16.6. The Morgan fingerprint density at radius 3 is 1.55 bits per heavy atom. The van der Waals surface area contributed by atoms with Gasteiger partial charge < -0.3 is 45.7 Å². The van der Waals surface area contributed by atoms with E-state index in [1.54, 1.807) is 74.1 Å². The molecule has 0 radical (unpaired) electrons. The summed E-state index contributed by atoms with van der Waals surface area (Å²) in [5.74, 6) is -2.41. The number of nitrogens with zero attached hydrogens (tertiary/aromatic N) is 6. The fourth-order valence-corrected chi connectivity index (χ4v) is 10.0. The molecule has 16 heteroatoms. The Bertz CT molecular complexity index is 3600. The maximum Gasteiger partial charge on any atom is 0.258 e. The number of aryl methyl sites for hydroxylation is 2. The van der Waals surface area contributed by atoms with Gasteiger partial charge in [-0.15, -0.1) is 0 Å². The number of amides is 5. The van der Waals surface area contributed by atoms with Crippen LogP contribution < -0.4 is 40.9 Å². The van der Waals surface area contributed by atoms with Crippen molar-refractivity contribution in [2.24, 2.45) is 0 Å². The van der Waals surface area contributed by atoms with Gasteiger partial charge in [0, 0.05) is 17.7 Å². The van der Waals surface area contributed by atoms with Crippen molar-refractivity contribution in [3.05, 3.63) is 178 Å². The molecule has 0 aromatic heterocycles. The first-order valence-corrected chi connectivity index (χ1v) is 25.4. The Labute approximate surface area is 446 Å². The van der Waals surface area contributed by atoms with Crippen molar-refractivity contribution in [2.75, 3.05) is 53.3 Å². The van der Waals surface area contributed by atoms with Crippen molar-refractivity contribution in [1.29, 1.82) is 10.5 Å². The quantitative estimate of drug-likeness (QED) is 0.0818. The van der Waals surface area contributed by atoms with Crippen molar-refractivity contribution in [3.63, 3.8) is 0 Å². The molecule has 0 bridgehead atoms. The number of carbonyl (C=O) groups excluding carboxylic acids is 6. The first kappa shape index (κ1) is 52.8. The zero-order chi connectivity index (χ0) is 54.7. The van der Waals surface area contributed by atoms with Crippen molar-refractivity contribution in [1.82, 2.24) is 21.3 Å². The molecule has 2 aliphatic rings. The van der Waals surface area contributed by atoms with E-state index < -0.39 is 47.3 Å². The maximum absolute atomic E-state index is 15.2. The minimum atomic E-state index is -1.23. The summed E-state index contributed by atoms with van der Waals surface area (Å²) in [4.78, 5) is 92.4. The lowest BCUT2D eigenvalue weighted by Gasteiger charge is -2.29. The van der Waals surface area contributed by atoms with E-state index >= 15 is 19.2 Å². The summed E-state index contributed by atoms with van der Waals surface area (Å²) in [6, 6.07) is 40.8. The molecule has 4 atom stereocenters. The second-order valence-electron chi connectivity index (χ2n) is 19.8. The molecule has 4 N–H and O–H groups in total. The molecular weight excluding hydrogens is 969 g/mol. The minimum absolute atomic E-state index is 0.0316. The van der Waals surface area contributed by atoms with Crippen LogP contribution in [0.15, 0.2) is 133 Å². The Kier molecular flexibility index (Phi) is 15.1. The van der Waals surface area contributed by atoms with Crippen LogP contribution in [-0.4, -0.2) is 93.2 Å². The molecule has 0 aliphatic carbocycles. The molecule has 388 valence electrons. The molecule has 4 unspecified atom stereocenters. The highest BCUT2D eigenvalue weighted by molar-refractivity contribution is 6.15. The topological polar surface area (TPSA) is 211 Å². The van der Waals surface area contributed by atoms with Crippen molar-refractivity contribution in [3.8, 4) is 12.1 Å². The Morgan fingerprint density at radius 2 is 1.10 bits per heavy atom. The molecule has 5 amide bonds. The van der Waals surface area contributed by atoms with Gasteiger partial charge in [-0.2, -0.15) is 10.5 Å². The molecule has 0 saturated carbocycles. The van der Waals surface area contributed by atoms with Gasteiger partial charge >= 0.3 is 0 Å². The van der Waals surface area contributed by atoms with Crippen molar-refractivity contribution in [2.45, 2.75) is 64.4 Å². The van der Waals surface area contributed by atoms with E-state index in [-0.39, 0.29) is 66.6 Å². The third-order valence-electron chi connectivity index (χ3n) is 15.0. The molecule has 7 aromatic rings. The Balaban J connectivity index is 1.10. The number of rotatable bonds is 14. The number of hydrogen-bond donors (Lipinski definition) is 4. The van der Waals surface area contributed by atoms with Gasteiger partial charge in [-0.05, 0) is 146 Å². The third kappa shape index (κ3) is 10.4. The first-order valence-electron chi connectivity index (χ1n) is 25.4. The number of hydrogen-bond acceptors (Lipinski definition) is 11. The summed E-state index contributed by atoms with van der Waals surface area (Å²) in [5, 5.41) is 36.3. The van der Waals surface area contributed by atoms with Crippen molar-refractivity contribution >= 4 is 80.1 Å². The number of likely N-dealkylation sites (N-methyl/N-ethyl adjacent to an activating group) is 2. The average molecular weight is 1030 g/mol. The Morgan fingerprint density at radius 1 is 0.649 bits per heavy atom. The SMILES string of the molecule is CNC(C)C(=O)NC1CN(C(=O)c2ccc(C(=O)N3CC(NCC(C)(C=O)NC)C(=O)N(Cc4c(C)ccc5ccccc45)c4ccc(C#N)cc43)cc2)c2cc(C#N)ccc2N(Cc2c(C)ccc3ccccc23)C1=O. The van der Waals surface area contributed by atoms with Crippen LogP contribution in [0.1, 0.15) is 67.9 Å². The van der Waals surface area contributed by atoms with Crippen LogP contribution in [-0.2, 0) is 32.3 Å². The molecular formula is C61H58N10O6. The van der Waals surface area contributed by atoms with Crippen LogP contribution in [0.2, 0.25) is 0 Å². The summed E-state index contributed by atoms with van der Waals surface area (Å²) in [7, 11) is 3.27. The zero-order valence-electron chi connectivity index (χ0n) is 43.7. The largest absolute Gasteiger partial charge is 0.341 e. The number of benzene rings is 7. The van der Waals surface area contributed by atoms with Crippen LogP contribution in [0.25, 0.3) is 21.5 Å². The first-order chi connectivity index (χ1) is 37.1. The summed E-state index contributed by atoms with van der Waals surface area (Å²) in [6.07, 6.45) is 0.756. The van der Waals surface area contributed by atoms with E-state index in [4.69, 9.17) is 0 Å². The zero-order valence-corrected chi connectivity index (χ0v) is 43.7. The lowest BCUT2D eigenvalue weighted by Crippen LogP contribution is -2.57. The second-order valence-corrected chi connectivity index (χ2v) is 19.8. The summed E-state index contributed by atoms with van der Waals surface area (Å²) in [5.41, 5.74) is 4.65. The molecule has 0 spiro atoms. The molecule has 7 aromatic carbocycles. The Hall–Kier alpha value is -9.06. The molecule has 2 aliphatic heterocycles. The van der Waals surface area contributed by atoms with Crippen LogP contribution in [0.3, 0.4) is 0 Å². The van der Waals surface area contributed by atoms with Crippen LogP contribution in [0.5, 0.6) is 0 Å². The second kappa shape index (κ2) is 22.0. The van der Waals surface area contributed by atoms with E-state index in [0.29, 0.717) is 17.1 Å². The molecule has 9 rings (SSSR count). The lowest BCUT2D eigenvalue weighted by molar-refractivity contribution is -0.128.